The normalized spacial score (nSPS) is 22.9. The van der Waals surface area contributed by atoms with Crippen molar-refractivity contribution in [3.63, 3.8) is 0 Å². The third kappa shape index (κ3) is 4.83. The minimum Gasteiger partial charge on any atom is -0.382 e. The first-order valence-corrected chi connectivity index (χ1v) is 14.8. The second-order valence-electron chi connectivity index (χ2n) is 12.5. The second kappa shape index (κ2) is 10.4. The molecule has 42 heavy (non-hydrogen) atoms. The van der Waals surface area contributed by atoms with Gasteiger partial charge in [0.2, 0.25) is 0 Å². The number of hydrogen-bond donors (Lipinski definition) is 3. The van der Waals surface area contributed by atoms with E-state index < -0.39 is 6.23 Å². The van der Waals surface area contributed by atoms with E-state index in [2.05, 4.69) is 34.0 Å². The fourth-order valence-electron chi connectivity index (χ4n) is 6.40. The SMILES string of the molecule is CC1CCC(c2nn(-c3ccc(C(=O)Nc4cc(C5CC5)ccn4)cc3)c3c(N)nccc23)CN1C(O)C1(C)COC1. The van der Waals surface area contributed by atoms with E-state index in [0.29, 0.717) is 42.9 Å². The maximum absolute atomic E-state index is 13.0. The molecule has 3 atom stereocenters. The van der Waals surface area contributed by atoms with Crippen molar-refractivity contribution in [2.75, 3.05) is 30.8 Å². The summed E-state index contributed by atoms with van der Waals surface area (Å²) in [6, 6.07) is 13.5. The molecule has 2 saturated heterocycles. The number of likely N-dealkylation sites (tertiary alicyclic amines) is 1. The minimum atomic E-state index is -0.575. The topological polar surface area (TPSA) is 131 Å². The number of aliphatic hydroxyl groups is 1. The summed E-state index contributed by atoms with van der Waals surface area (Å²) in [5.74, 6) is 1.46. The Labute approximate surface area is 244 Å². The number of piperidine rings is 1. The van der Waals surface area contributed by atoms with Crippen LogP contribution in [-0.4, -0.2) is 67.7 Å². The third-order valence-corrected chi connectivity index (χ3v) is 9.21. The number of nitrogens with zero attached hydrogens (tertiary/aromatic N) is 5. The quantitative estimate of drug-likeness (QED) is 0.299. The van der Waals surface area contributed by atoms with Crippen molar-refractivity contribution in [2.45, 2.75) is 63.6 Å². The molecule has 10 heteroatoms. The maximum Gasteiger partial charge on any atom is 0.256 e. The third-order valence-electron chi connectivity index (χ3n) is 9.21. The number of ether oxygens (including phenoxy) is 1. The fourth-order valence-corrected chi connectivity index (χ4v) is 6.40. The molecule has 0 bridgehead atoms. The molecule has 10 nitrogen and oxygen atoms in total. The van der Waals surface area contributed by atoms with Crippen LogP contribution >= 0.6 is 0 Å². The highest BCUT2D eigenvalue weighted by atomic mass is 16.5. The number of amides is 1. The van der Waals surface area contributed by atoms with Gasteiger partial charge >= 0.3 is 0 Å². The molecule has 1 amide bonds. The molecule has 7 rings (SSSR count). The number of anilines is 2. The Morgan fingerprint density at radius 1 is 1.07 bits per heavy atom. The zero-order valence-electron chi connectivity index (χ0n) is 24.0. The van der Waals surface area contributed by atoms with E-state index in [1.807, 2.05) is 35.0 Å². The minimum absolute atomic E-state index is 0.120. The number of nitrogen functional groups attached to an aromatic ring is 1. The molecule has 2 aliphatic heterocycles. The van der Waals surface area contributed by atoms with Crippen molar-refractivity contribution in [3.05, 3.63) is 71.7 Å². The van der Waals surface area contributed by atoms with Crippen molar-refractivity contribution >= 4 is 28.4 Å². The standard InChI is InChI=1S/C32H37N7O3/c1-19-3-4-23(16-38(19)31(41)32(2)17-42-18-32)27-25-12-14-35-29(33)28(25)39(37-27)24-9-7-21(8-10-24)30(40)36-26-15-22(11-13-34-26)20-5-6-20/h7-15,19-20,23,31,41H,3-6,16-18H2,1-2H3,(H2,33,35)(H,34,36,40). The summed E-state index contributed by atoms with van der Waals surface area (Å²) < 4.78 is 7.27. The predicted octanol–water partition coefficient (Wildman–Crippen LogP) is 4.45. The molecular formula is C32H37N7O3. The van der Waals surface area contributed by atoms with Gasteiger partial charge in [0.05, 0.1) is 30.0 Å². The van der Waals surface area contributed by atoms with Gasteiger partial charge in [-0.2, -0.15) is 5.10 Å². The summed E-state index contributed by atoms with van der Waals surface area (Å²) >= 11 is 0. The van der Waals surface area contributed by atoms with Gasteiger partial charge in [-0.15, -0.1) is 0 Å². The predicted molar refractivity (Wildman–Crippen MR) is 161 cm³/mol. The molecule has 3 aromatic heterocycles. The van der Waals surface area contributed by atoms with Crippen molar-refractivity contribution in [3.8, 4) is 5.69 Å². The molecular weight excluding hydrogens is 530 g/mol. The van der Waals surface area contributed by atoms with Crippen LogP contribution in [0.5, 0.6) is 0 Å². The zero-order valence-corrected chi connectivity index (χ0v) is 24.0. The molecule has 1 aliphatic carbocycles. The number of aliphatic hydroxyl groups excluding tert-OH is 1. The number of nitrogens with two attached hydrogens (primary N) is 1. The summed E-state index contributed by atoms with van der Waals surface area (Å²) in [4.78, 5) is 23.9. The van der Waals surface area contributed by atoms with Crippen LogP contribution in [0.1, 0.15) is 73.0 Å². The molecule has 3 fully saturated rings. The number of nitrogens with one attached hydrogen (secondary N) is 1. The van der Waals surface area contributed by atoms with Crippen LogP contribution in [0.4, 0.5) is 11.6 Å². The van der Waals surface area contributed by atoms with Crippen molar-refractivity contribution in [1.29, 1.82) is 0 Å². The Kier molecular flexibility index (Phi) is 6.72. The van der Waals surface area contributed by atoms with E-state index >= 15 is 0 Å². The molecule has 3 unspecified atom stereocenters. The molecule has 1 aromatic carbocycles. The monoisotopic (exact) mass is 567 g/mol. The van der Waals surface area contributed by atoms with E-state index in [1.54, 1.807) is 24.5 Å². The number of pyridine rings is 2. The second-order valence-corrected chi connectivity index (χ2v) is 12.5. The van der Waals surface area contributed by atoms with Gasteiger partial charge in [-0.05, 0) is 86.6 Å². The Morgan fingerprint density at radius 2 is 1.81 bits per heavy atom. The van der Waals surface area contributed by atoms with Crippen molar-refractivity contribution < 1.29 is 14.6 Å². The van der Waals surface area contributed by atoms with Gasteiger partial charge in [-0.1, -0.05) is 6.92 Å². The average molecular weight is 568 g/mol. The van der Waals surface area contributed by atoms with Crippen LogP contribution in [0.2, 0.25) is 0 Å². The Bertz CT molecular complexity index is 1630. The average Bonchev–Trinajstić information content (AvgIpc) is 3.76. The molecule has 0 radical (unpaired) electrons. The number of carbonyl (C=O) groups excluding carboxylic acids is 1. The summed E-state index contributed by atoms with van der Waals surface area (Å²) in [6.07, 6.45) is 7.19. The molecule has 3 aliphatic rings. The van der Waals surface area contributed by atoms with Crippen LogP contribution in [-0.2, 0) is 4.74 Å². The maximum atomic E-state index is 13.0. The zero-order chi connectivity index (χ0) is 29.0. The van der Waals surface area contributed by atoms with Gasteiger partial charge < -0.3 is 20.9 Å². The van der Waals surface area contributed by atoms with Gasteiger partial charge in [0.25, 0.3) is 5.91 Å². The van der Waals surface area contributed by atoms with Crippen LogP contribution in [0, 0.1) is 5.41 Å². The van der Waals surface area contributed by atoms with Gasteiger partial charge in [0.15, 0.2) is 0 Å². The smallest absolute Gasteiger partial charge is 0.256 e. The van der Waals surface area contributed by atoms with Crippen LogP contribution in [0.15, 0.2) is 54.9 Å². The van der Waals surface area contributed by atoms with E-state index in [9.17, 15) is 9.90 Å². The molecule has 0 spiro atoms. The number of hydrogen-bond acceptors (Lipinski definition) is 8. The highest BCUT2D eigenvalue weighted by Gasteiger charge is 2.46. The highest BCUT2D eigenvalue weighted by Crippen LogP contribution is 2.41. The summed E-state index contributed by atoms with van der Waals surface area (Å²) in [7, 11) is 0. The number of fused-ring (bicyclic) bond motifs is 1. The molecule has 4 aromatic rings. The number of benzene rings is 1. The number of rotatable bonds is 7. The lowest BCUT2D eigenvalue weighted by Crippen LogP contribution is -2.60. The van der Waals surface area contributed by atoms with Crippen molar-refractivity contribution in [2.24, 2.45) is 5.41 Å². The molecule has 1 saturated carbocycles. The number of carbonyl (C=O) groups is 1. The molecule has 4 N–H and O–H groups in total. The first kappa shape index (κ1) is 27.0. The van der Waals surface area contributed by atoms with Gasteiger partial charge in [0, 0.05) is 41.8 Å². The lowest BCUT2D eigenvalue weighted by Gasteiger charge is -2.50. The van der Waals surface area contributed by atoms with Crippen molar-refractivity contribution in [1.82, 2.24) is 24.6 Å². The Balaban J connectivity index is 1.15. The highest BCUT2D eigenvalue weighted by molar-refractivity contribution is 6.04. The van der Waals surface area contributed by atoms with Gasteiger partial charge in [-0.3, -0.25) is 9.69 Å². The summed E-state index contributed by atoms with van der Waals surface area (Å²) in [6.45, 7) is 6.10. The first-order chi connectivity index (χ1) is 20.3. The molecule has 218 valence electrons. The van der Waals surface area contributed by atoms with Crippen LogP contribution in [0.3, 0.4) is 0 Å². The van der Waals surface area contributed by atoms with Gasteiger partial charge in [0.1, 0.15) is 23.4 Å². The lowest BCUT2D eigenvalue weighted by molar-refractivity contribution is -0.216. The van der Waals surface area contributed by atoms with E-state index in [4.69, 9.17) is 15.6 Å². The summed E-state index contributed by atoms with van der Waals surface area (Å²) in [5, 5.41) is 20.3. The largest absolute Gasteiger partial charge is 0.382 e. The summed E-state index contributed by atoms with van der Waals surface area (Å²) in [5.41, 5.74) is 10.4. The lowest BCUT2D eigenvalue weighted by atomic mass is 9.82. The molecule has 5 heterocycles. The van der Waals surface area contributed by atoms with E-state index in [-0.39, 0.29) is 23.3 Å². The Morgan fingerprint density at radius 3 is 2.52 bits per heavy atom. The fraction of sp³-hybridized carbons (Fsp3) is 0.438. The Hall–Kier alpha value is -3.86. The van der Waals surface area contributed by atoms with E-state index in [0.717, 1.165) is 35.1 Å². The van der Waals surface area contributed by atoms with E-state index in [1.165, 1.54) is 18.4 Å². The van der Waals surface area contributed by atoms with Crippen LogP contribution < -0.4 is 11.1 Å². The van der Waals surface area contributed by atoms with Crippen LogP contribution in [0.25, 0.3) is 16.6 Å². The first-order valence-electron chi connectivity index (χ1n) is 14.8. The van der Waals surface area contributed by atoms with Gasteiger partial charge in [-0.25, -0.2) is 14.6 Å². The number of aromatic nitrogens is 4.